The quantitative estimate of drug-likeness (QED) is 0.598. The number of likely N-dealkylation sites (tertiary alicyclic amines) is 1. The highest BCUT2D eigenvalue weighted by Crippen LogP contribution is 2.21. The normalized spacial score (nSPS) is 17.0. The summed E-state index contributed by atoms with van der Waals surface area (Å²) in [5.74, 6) is -0.181. The molecule has 1 aromatic carbocycles. The van der Waals surface area contributed by atoms with Crippen LogP contribution in [-0.4, -0.2) is 51.9 Å². The standard InChI is InChI=1S/C20H21N5O4S/c1-29-19(28)12-4-5-14-15(9-12)22-16(23-18(14)27)11-25-7-2-3-13(10-25)17(26)24-20-21-6-8-30-20/h4-6,8-9,13H,2-3,7,10-11H2,1H3,(H,21,24,26)(H,22,23,27). The molecule has 156 valence electrons. The van der Waals surface area contributed by atoms with Gasteiger partial charge in [0.05, 0.1) is 36.0 Å². The van der Waals surface area contributed by atoms with E-state index in [1.807, 2.05) is 5.38 Å². The van der Waals surface area contributed by atoms with Crippen LogP contribution in [0.2, 0.25) is 0 Å². The molecule has 4 rings (SSSR count). The summed E-state index contributed by atoms with van der Waals surface area (Å²) in [4.78, 5) is 50.3. The van der Waals surface area contributed by atoms with Crippen LogP contribution in [-0.2, 0) is 16.1 Å². The molecule has 0 aliphatic carbocycles. The van der Waals surface area contributed by atoms with E-state index in [1.54, 1.807) is 24.4 Å². The Kier molecular flexibility index (Phi) is 5.86. The number of hydrogen-bond acceptors (Lipinski definition) is 8. The van der Waals surface area contributed by atoms with E-state index in [1.165, 1.54) is 18.4 Å². The van der Waals surface area contributed by atoms with Gasteiger partial charge in [0.1, 0.15) is 5.82 Å². The Labute approximate surface area is 176 Å². The van der Waals surface area contributed by atoms with Crippen molar-refractivity contribution in [3.63, 3.8) is 0 Å². The van der Waals surface area contributed by atoms with Gasteiger partial charge in [0.25, 0.3) is 5.56 Å². The molecule has 30 heavy (non-hydrogen) atoms. The lowest BCUT2D eigenvalue weighted by molar-refractivity contribution is -0.121. The van der Waals surface area contributed by atoms with Crippen molar-refractivity contribution in [3.8, 4) is 0 Å². The van der Waals surface area contributed by atoms with Gasteiger partial charge in [-0.3, -0.25) is 14.5 Å². The molecule has 10 heteroatoms. The number of nitrogens with one attached hydrogen (secondary N) is 2. The summed E-state index contributed by atoms with van der Waals surface area (Å²) in [5.41, 5.74) is 0.513. The van der Waals surface area contributed by atoms with Gasteiger partial charge >= 0.3 is 5.97 Å². The molecule has 0 radical (unpaired) electrons. The highest BCUT2D eigenvalue weighted by Gasteiger charge is 2.26. The Bertz CT molecular complexity index is 1130. The maximum atomic E-state index is 12.5. The molecule has 1 atom stereocenters. The predicted molar refractivity (Wildman–Crippen MR) is 112 cm³/mol. The van der Waals surface area contributed by atoms with Crippen molar-refractivity contribution in [2.24, 2.45) is 5.92 Å². The number of H-pyrrole nitrogens is 1. The monoisotopic (exact) mass is 427 g/mol. The number of amides is 1. The molecule has 9 nitrogen and oxygen atoms in total. The van der Waals surface area contributed by atoms with E-state index < -0.39 is 5.97 Å². The number of rotatable bonds is 5. The van der Waals surface area contributed by atoms with Crippen LogP contribution in [0.4, 0.5) is 5.13 Å². The Morgan fingerprint density at radius 2 is 2.27 bits per heavy atom. The van der Waals surface area contributed by atoms with E-state index in [-0.39, 0.29) is 17.4 Å². The van der Waals surface area contributed by atoms with Crippen LogP contribution in [0.1, 0.15) is 29.0 Å². The molecule has 1 aliphatic heterocycles. The molecular formula is C20H21N5O4S. The van der Waals surface area contributed by atoms with Crippen LogP contribution < -0.4 is 10.9 Å². The lowest BCUT2D eigenvalue weighted by Gasteiger charge is -2.31. The molecule has 1 saturated heterocycles. The third kappa shape index (κ3) is 4.39. The topological polar surface area (TPSA) is 117 Å². The van der Waals surface area contributed by atoms with E-state index >= 15 is 0 Å². The summed E-state index contributed by atoms with van der Waals surface area (Å²) < 4.78 is 4.74. The molecule has 0 spiro atoms. The largest absolute Gasteiger partial charge is 0.465 e. The molecule has 2 aromatic heterocycles. The number of benzene rings is 1. The number of ether oxygens (including phenoxy) is 1. The molecule has 3 aromatic rings. The second-order valence-corrected chi connectivity index (χ2v) is 8.03. The summed E-state index contributed by atoms with van der Waals surface area (Å²) in [7, 11) is 1.31. The molecule has 1 amide bonds. The van der Waals surface area contributed by atoms with E-state index in [9.17, 15) is 14.4 Å². The van der Waals surface area contributed by atoms with Crippen molar-refractivity contribution >= 4 is 39.2 Å². The fourth-order valence-electron chi connectivity index (χ4n) is 3.63. The molecule has 1 fully saturated rings. The lowest BCUT2D eigenvalue weighted by Crippen LogP contribution is -2.40. The number of thiazole rings is 1. The molecule has 0 bridgehead atoms. The van der Waals surface area contributed by atoms with Gasteiger partial charge in [-0.1, -0.05) is 0 Å². The van der Waals surface area contributed by atoms with Gasteiger partial charge in [0, 0.05) is 18.1 Å². The van der Waals surface area contributed by atoms with Crippen LogP contribution >= 0.6 is 11.3 Å². The summed E-state index contributed by atoms with van der Waals surface area (Å²) >= 11 is 1.39. The highest BCUT2D eigenvalue weighted by atomic mass is 32.1. The molecule has 1 unspecified atom stereocenters. The minimum atomic E-state index is -0.481. The van der Waals surface area contributed by atoms with Gasteiger partial charge in [-0.2, -0.15) is 0 Å². The fraction of sp³-hybridized carbons (Fsp3) is 0.350. The van der Waals surface area contributed by atoms with Crippen LogP contribution in [0, 0.1) is 5.92 Å². The van der Waals surface area contributed by atoms with E-state index in [0.717, 1.165) is 19.4 Å². The Morgan fingerprint density at radius 3 is 3.03 bits per heavy atom. The zero-order chi connectivity index (χ0) is 21.1. The SMILES string of the molecule is COC(=O)c1ccc2c(=O)[nH]c(CN3CCCC(C(=O)Nc4nccs4)C3)nc2c1. The number of hydrogen-bond donors (Lipinski definition) is 2. The first-order valence-corrected chi connectivity index (χ1v) is 10.5. The number of nitrogens with zero attached hydrogens (tertiary/aromatic N) is 3. The fourth-order valence-corrected chi connectivity index (χ4v) is 4.16. The zero-order valence-corrected chi connectivity index (χ0v) is 17.2. The number of carbonyl (C=O) groups is 2. The number of piperidine rings is 1. The molecule has 0 saturated carbocycles. The smallest absolute Gasteiger partial charge is 0.337 e. The van der Waals surface area contributed by atoms with Crippen molar-refractivity contribution in [1.82, 2.24) is 19.9 Å². The maximum Gasteiger partial charge on any atom is 0.337 e. The van der Waals surface area contributed by atoms with Gasteiger partial charge in [0.2, 0.25) is 5.91 Å². The van der Waals surface area contributed by atoms with E-state index in [4.69, 9.17) is 4.74 Å². The number of anilines is 1. The van der Waals surface area contributed by atoms with Gasteiger partial charge in [-0.25, -0.2) is 14.8 Å². The number of carbonyl (C=O) groups excluding carboxylic acids is 2. The predicted octanol–water partition coefficient (Wildman–Crippen LogP) is 2.02. The van der Waals surface area contributed by atoms with Gasteiger partial charge in [-0.05, 0) is 37.6 Å². The van der Waals surface area contributed by atoms with Crippen LogP contribution in [0.3, 0.4) is 0 Å². The first kappa shape index (κ1) is 20.2. The summed E-state index contributed by atoms with van der Waals surface area (Å²) in [6.45, 7) is 1.79. The second-order valence-electron chi connectivity index (χ2n) is 7.14. The van der Waals surface area contributed by atoms with Crippen LogP contribution in [0.15, 0.2) is 34.6 Å². The molecule has 1 aliphatic rings. The van der Waals surface area contributed by atoms with Crippen LogP contribution in [0.5, 0.6) is 0 Å². The maximum absolute atomic E-state index is 12.5. The molecule has 3 heterocycles. The third-order valence-corrected chi connectivity index (χ3v) is 5.78. The van der Waals surface area contributed by atoms with Crippen LogP contribution in [0.25, 0.3) is 10.9 Å². The minimum Gasteiger partial charge on any atom is -0.465 e. The van der Waals surface area contributed by atoms with Gasteiger partial charge in [-0.15, -0.1) is 11.3 Å². The Balaban J connectivity index is 1.49. The lowest BCUT2D eigenvalue weighted by atomic mass is 9.97. The number of aromatic nitrogens is 3. The van der Waals surface area contributed by atoms with Crippen molar-refractivity contribution in [1.29, 1.82) is 0 Å². The van der Waals surface area contributed by atoms with Crippen molar-refractivity contribution in [2.45, 2.75) is 19.4 Å². The average Bonchev–Trinajstić information content (AvgIpc) is 3.26. The third-order valence-electron chi connectivity index (χ3n) is 5.09. The van der Waals surface area contributed by atoms with Crippen molar-refractivity contribution in [2.75, 3.05) is 25.5 Å². The number of fused-ring (bicyclic) bond motifs is 1. The summed E-state index contributed by atoms with van der Waals surface area (Å²) in [6, 6.07) is 4.67. The highest BCUT2D eigenvalue weighted by molar-refractivity contribution is 7.13. The minimum absolute atomic E-state index is 0.0441. The Morgan fingerprint density at radius 1 is 1.40 bits per heavy atom. The number of methoxy groups -OCH3 is 1. The molecule has 2 N–H and O–H groups in total. The van der Waals surface area contributed by atoms with Gasteiger partial charge in [0.15, 0.2) is 5.13 Å². The van der Waals surface area contributed by atoms with Crippen molar-refractivity contribution in [3.05, 3.63) is 51.5 Å². The summed E-state index contributed by atoms with van der Waals surface area (Å²) in [5, 5.41) is 5.68. The zero-order valence-electron chi connectivity index (χ0n) is 16.4. The number of esters is 1. The Hall–Kier alpha value is -3.11. The first-order valence-electron chi connectivity index (χ1n) is 9.57. The second kappa shape index (κ2) is 8.72. The summed E-state index contributed by atoms with van der Waals surface area (Å²) in [6.07, 6.45) is 3.33. The van der Waals surface area contributed by atoms with E-state index in [2.05, 4.69) is 25.2 Å². The molecular weight excluding hydrogens is 406 g/mol. The number of aromatic amines is 1. The van der Waals surface area contributed by atoms with E-state index in [0.29, 0.717) is 40.5 Å². The first-order chi connectivity index (χ1) is 14.5. The average molecular weight is 427 g/mol. The van der Waals surface area contributed by atoms with Gasteiger partial charge < -0.3 is 15.0 Å². The van der Waals surface area contributed by atoms with Crippen molar-refractivity contribution < 1.29 is 14.3 Å².